The molecular weight excluding hydrogens is 624 g/mol. The quantitative estimate of drug-likeness (QED) is 0.317. The van der Waals surface area contributed by atoms with Crippen molar-refractivity contribution < 1.29 is 14.4 Å². The van der Waals surface area contributed by atoms with Crippen molar-refractivity contribution in [2.45, 2.75) is 57.2 Å². The second kappa shape index (κ2) is 15.1. The number of anilines is 1. The Kier molecular flexibility index (Phi) is 10.7. The molecule has 0 bridgehead atoms. The number of carbonyl (C=O) groups excluding carboxylic acids is 3. The number of nitrogens with zero attached hydrogens (tertiary/aromatic N) is 4. The highest BCUT2D eigenvalue weighted by Crippen LogP contribution is 2.39. The number of hydrogen-bond donors (Lipinski definition) is 2. The number of fused-ring (bicyclic) bond motifs is 1. The first-order valence-corrected chi connectivity index (χ1v) is 17.7. The van der Waals surface area contributed by atoms with Crippen LogP contribution in [-0.2, 0) is 27.2 Å². The van der Waals surface area contributed by atoms with Crippen LogP contribution in [0.2, 0.25) is 5.02 Å². The molecule has 0 aromatic heterocycles. The zero-order valence-electron chi connectivity index (χ0n) is 28.0. The van der Waals surface area contributed by atoms with E-state index in [1.165, 1.54) is 0 Å². The normalized spacial score (nSPS) is 19.5. The monoisotopic (exact) mass is 670 g/mol. The van der Waals surface area contributed by atoms with E-state index in [4.69, 9.17) is 11.6 Å². The molecule has 2 N–H and O–H groups in total. The standard InChI is InChI=1S/C38H47ClN6O3/c1-3-42(4-2)24-25-44-27-45(31-11-6-5-7-12-31)38(37(44)48)19-22-43(23-20-38)36(47)33(26-28-14-16-30(39)17-15-28)41-35(46)34-32-13-9-8-10-29(32)18-21-40-34/h5-17,33-34,40H,3-4,18-27H2,1-2H3,(H,41,46)/t33-,34-/m1/s1. The van der Waals surface area contributed by atoms with Gasteiger partial charge in [0.2, 0.25) is 17.7 Å². The van der Waals surface area contributed by atoms with Gasteiger partial charge in [-0.1, -0.05) is 80.0 Å². The number of para-hydroxylation sites is 1. The third kappa shape index (κ3) is 7.09. The van der Waals surface area contributed by atoms with Crippen molar-refractivity contribution >= 4 is 35.0 Å². The molecule has 3 aromatic carbocycles. The Balaban J connectivity index is 1.20. The zero-order chi connectivity index (χ0) is 33.7. The predicted molar refractivity (Wildman–Crippen MR) is 190 cm³/mol. The second-order valence-electron chi connectivity index (χ2n) is 13.1. The van der Waals surface area contributed by atoms with Crippen molar-refractivity contribution in [2.75, 3.05) is 57.4 Å². The second-order valence-corrected chi connectivity index (χ2v) is 13.5. The maximum Gasteiger partial charge on any atom is 0.250 e. The van der Waals surface area contributed by atoms with Crippen LogP contribution in [0.5, 0.6) is 0 Å². The molecule has 0 saturated carbocycles. The number of rotatable bonds is 11. The summed E-state index contributed by atoms with van der Waals surface area (Å²) in [7, 11) is 0. The minimum atomic E-state index is -0.765. The molecule has 0 aliphatic carbocycles. The van der Waals surface area contributed by atoms with Crippen molar-refractivity contribution in [3.63, 3.8) is 0 Å². The van der Waals surface area contributed by atoms with Crippen molar-refractivity contribution in [3.05, 3.63) is 101 Å². The van der Waals surface area contributed by atoms with Crippen LogP contribution in [-0.4, -0.2) is 96.5 Å². The predicted octanol–water partition coefficient (Wildman–Crippen LogP) is 4.26. The molecule has 0 radical (unpaired) electrons. The highest BCUT2D eigenvalue weighted by Gasteiger charge is 2.54. The third-order valence-electron chi connectivity index (χ3n) is 10.4. The highest BCUT2D eigenvalue weighted by molar-refractivity contribution is 6.30. The van der Waals surface area contributed by atoms with Gasteiger partial charge in [0.1, 0.15) is 17.6 Å². The smallest absolute Gasteiger partial charge is 0.250 e. The summed E-state index contributed by atoms with van der Waals surface area (Å²) in [5, 5.41) is 7.09. The van der Waals surface area contributed by atoms with Gasteiger partial charge in [0, 0.05) is 49.9 Å². The summed E-state index contributed by atoms with van der Waals surface area (Å²) in [4.78, 5) is 50.8. The zero-order valence-corrected chi connectivity index (χ0v) is 28.8. The molecule has 2 fully saturated rings. The fourth-order valence-electron chi connectivity index (χ4n) is 7.54. The summed E-state index contributed by atoms with van der Waals surface area (Å²) in [5.41, 5.74) is 3.31. The van der Waals surface area contributed by atoms with Crippen LogP contribution in [0.3, 0.4) is 0 Å². The molecule has 48 heavy (non-hydrogen) atoms. The molecule has 0 unspecified atom stereocenters. The van der Waals surface area contributed by atoms with Crippen LogP contribution in [0.1, 0.15) is 49.4 Å². The fraction of sp³-hybridized carbons (Fsp3) is 0.447. The first-order valence-electron chi connectivity index (χ1n) is 17.3. The lowest BCUT2D eigenvalue weighted by atomic mass is 9.85. The lowest BCUT2D eigenvalue weighted by molar-refractivity contribution is -0.141. The van der Waals surface area contributed by atoms with Gasteiger partial charge in [-0.05, 0) is 73.3 Å². The Morgan fingerprint density at radius 2 is 1.67 bits per heavy atom. The van der Waals surface area contributed by atoms with Crippen molar-refractivity contribution in [1.82, 2.24) is 25.3 Å². The topological polar surface area (TPSA) is 88.2 Å². The van der Waals surface area contributed by atoms with E-state index in [1.807, 2.05) is 58.3 Å². The number of nitrogens with one attached hydrogen (secondary N) is 2. The van der Waals surface area contributed by atoms with Gasteiger partial charge in [-0.2, -0.15) is 0 Å². The molecule has 2 saturated heterocycles. The van der Waals surface area contributed by atoms with E-state index in [0.29, 0.717) is 57.1 Å². The Morgan fingerprint density at radius 3 is 2.38 bits per heavy atom. The minimum Gasteiger partial charge on any atom is -0.342 e. The SMILES string of the molecule is CCN(CC)CCN1CN(c2ccccc2)C2(CCN(C(=O)[C@@H](Cc3ccc(Cl)cc3)NC(=O)[C@@H]3NCCc4ccccc43)CC2)C1=O. The number of carbonyl (C=O) groups is 3. The summed E-state index contributed by atoms with van der Waals surface area (Å²) >= 11 is 6.16. The van der Waals surface area contributed by atoms with Crippen LogP contribution in [0, 0.1) is 0 Å². The number of halogens is 1. The lowest BCUT2D eigenvalue weighted by Gasteiger charge is -2.44. The Labute approximate surface area is 289 Å². The Morgan fingerprint density at radius 1 is 0.979 bits per heavy atom. The van der Waals surface area contributed by atoms with Gasteiger partial charge >= 0.3 is 0 Å². The molecule has 3 aliphatic rings. The van der Waals surface area contributed by atoms with E-state index >= 15 is 0 Å². The molecule has 3 aliphatic heterocycles. The van der Waals surface area contributed by atoms with Crippen LogP contribution >= 0.6 is 11.6 Å². The Bertz CT molecular complexity index is 1570. The number of amides is 3. The van der Waals surface area contributed by atoms with E-state index in [2.05, 4.69) is 52.5 Å². The number of hydrogen-bond acceptors (Lipinski definition) is 6. The van der Waals surface area contributed by atoms with Crippen LogP contribution in [0.4, 0.5) is 5.69 Å². The van der Waals surface area contributed by atoms with E-state index in [1.54, 1.807) is 12.1 Å². The average Bonchev–Trinajstić information content (AvgIpc) is 3.39. The number of likely N-dealkylation sites (N-methyl/N-ethyl adjacent to an activating group) is 1. The van der Waals surface area contributed by atoms with Gasteiger partial charge in [-0.15, -0.1) is 0 Å². The molecule has 3 amide bonds. The van der Waals surface area contributed by atoms with E-state index in [9.17, 15) is 14.4 Å². The first kappa shape index (κ1) is 34.0. The van der Waals surface area contributed by atoms with Gasteiger partial charge in [0.25, 0.3) is 0 Å². The maximum absolute atomic E-state index is 14.3. The summed E-state index contributed by atoms with van der Waals surface area (Å²) in [5.74, 6) is -0.209. The lowest BCUT2D eigenvalue weighted by Crippen LogP contribution is -2.60. The summed E-state index contributed by atoms with van der Waals surface area (Å²) in [6.07, 6.45) is 2.24. The van der Waals surface area contributed by atoms with E-state index < -0.39 is 17.6 Å². The van der Waals surface area contributed by atoms with Crippen LogP contribution < -0.4 is 15.5 Å². The summed E-state index contributed by atoms with van der Waals surface area (Å²) < 4.78 is 0. The largest absolute Gasteiger partial charge is 0.342 e. The molecule has 9 nitrogen and oxygen atoms in total. The molecule has 3 heterocycles. The fourth-order valence-corrected chi connectivity index (χ4v) is 7.67. The first-order chi connectivity index (χ1) is 23.3. The summed E-state index contributed by atoms with van der Waals surface area (Å²) in [6, 6.07) is 24.2. The number of piperidine rings is 1. The van der Waals surface area contributed by atoms with Gasteiger partial charge in [0.05, 0.1) is 6.67 Å². The maximum atomic E-state index is 14.3. The third-order valence-corrected chi connectivity index (χ3v) is 10.7. The van der Waals surface area contributed by atoms with Gasteiger partial charge in [-0.3, -0.25) is 14.4 Å². The van der Waals surface area contributed by atoms with Gasteiger partial charge < -0.3 is 30.2 Å². The number of benzene rings is 3. The van der Waals surface area contributed by atoms with E-state index in [0.717, 1.165) is 48.4 Å². The number of likely N-dealkylation sites (tertiary alicyclic amines) is 1. The molecule has 10 heteroatoms. The van der Waals surface area contributed by atoms with E-state index in [-0.39, 0.29) is 17.7 Å². The van der Waals surface area contributed by atoms with Crippen molar-refractivity contribution in [3.8, 4) is 0 Å². The van der Waals surface area contributed by atoms with Gasteiger partial charge in [-0.25, -0.2) is 0 Å². The van der Waals surface area contributed by atoms with Crippen LogP contribution in [0.25, 0.3) is 0 Å². The van der Waals surface area contributed by atoms with Crippen molar-refractivity contribution in [2.24, 2.45) is 0 Å². The molecular formula is C38H47ClN6O3. The van der Waals surface area contributed by atoms with Crippen LogP contribution in [0.15, 0.2) is 78.9 Å². The average molecular weight is 671 g/mol. The summed E-state index contributed by atoms with van der Waals surface area (Å²) in [6.45, 7) is 9.75. The molecule has 6 rings (SSSR count). The Hall–Kier alpha value is -3.92. The molecule has 254 valence electrons. The highest BCUT2D eigenvalue weighted by atomic mass is 35.5. The molecule has 1 spiro atoms. The van der Waals surface area contributed by atoms with Gasteiger partial charge in [0.15, 0.2) is 0 Å². The minimum absolute atomic E-state index is 0.132. The molecule has 2 atom stereocenters. The van der Waals surface area contributed by atoms with Crippen molar-refractivity contribution in [1.29, 1.82) is 0 Å². The molecule has 3 aromatic rings.